The van der Waals surface area contributed by atoms with Crippen molar-refractivity contribution >= 4 is 39.1 Å². The Morgan fingerprint density at radius 2 is 1.92 bits per heavy atom. The molecule has 0 saturated heterocycles. The summed E-state index contributed by atoms with van der Waals surface area (Å²) in [5.41, 5.74) is 1.54. The molecule has 1 fully saturated rings. The van der Waals surface area contributed by atoms with Crippen LogP contribution in [0.3, 0.4) is 0 Å². The third kappa shape index (κ3) is 5.45. The molecule has 1 saturated carbocycles. The van der Waals surface area contributed by atoms with Gasteiger partial charge in [0.1, 0.15) is 4.90 Å². The average molecular weight is 547 g/mol. The number of carbonyl (C=O) groups is 1. The zero-order chi connectivity index (χ0) is 26.8. The number of carbonyl (C=O) groups excluding carboxylic acids is 1. The molecule has 2 aromatic rings. The lowest BCUT2D eigenvalue weighted by Crippen LogP contribution is -2.40. The molecule has 1 heterocycles. The molecule has 0 N–H and O–H groups in total. The van der Waals surface area contributed by atoms with Gasteiger partial charge in [-0.25, -0.2) is 13.2 Å². The average Bonchev–Trinajstić information content (AvgIpc) is 3.69. The molecule has 0 aromatic heterocycles. The second-order valence-corrected chi connectivity index (χ2v) is 12.5. The Kier molecular flexibility index (Phi) is 8.35. The van der Waals surface area contributed by atoms with Crippen molar-refractivity contribution in [3.05, 3.63) is 59.9 Å². The number of para-hydroxylation sites is 1. The lowest BCUT2D eigenvalue weighted by molar-refractivity contribution is -0.140. The molecular weight excluding hydrogens is 511 g/mol. The number of fused-ring (bicyclic) bond motifs is 1. The number of sulfonamides is 1. The van der Waals surface area contributed by atoms with Crippen LogP contribution in [0.25, 0.3) is 0 Å². The van der Waals surface area contributed by atoms with Crippen LogP contribution in [0, 0.1) is 0 Å². The maximum absolute atomic E-state index is 14.8. The Hall–Kier alpha value is -2.36. The van der Waals surface area contributed by atoms with Crippen LogP contribution in [0.15, 0.2) is 64.2 Å². The molecule has 4 rings (SSSR count). The van der Waals surface area contributed by atoms with Crippen LogP contribution in [-0.4, -0.2) is 51.2 Å². The highest BCUT2D eigenvalue weighted by atomic mass is 32.2. The Morgan fingerprint density at radius 3 is 2.51 bits per heavy atom. The highest BCUT2D eigenvalue weighted by Gasteiger charge is 2.47. The monoisotopic (exact) mass is 546 g/mol. The third-order valence-electron chi connectivity index (χ3n) is 7.29. The van der Waals surface area contributed by atoms with Crippen molar-refractivity contribution in [1.29, 1.82) is 0 Å². The van der Waals surface area contributed by atoms with E-state index in [1.165, 1.54) is 22.1 Å². The molecule has 200 valence electrons. The molecule has 0 spiro atoms. The number of esters is 1. The van der Waals surface area contributed by atoms with Gasteiger partial charge < -0.3 is 9.64 Å². The lowest BCUT2D eigenvalue weighted by Gasteiger charge is -2.30. The van der Waals surface area contributed by atoms with Crippen LogP contribution in [0.1, 0.15) is 51.5 Å². The first-order valence-electron chi connectivity index (χ1n) is 12.8. The smallest absolute Gasteiger partial charge is 0.366 e. The topological polar surface area (TPSA) is 66.9 Å². The van der Waals surface area contributed by atoms with Crippen molar-refractivity contribution < 1.29 is 22.3 Å². The molecule has 1 unspecified atom stereocenters. The van der Waals surface area contributed by atoms with E-state index in [1.54, 1.807) is 20.0 Å². The summed E-state index contributed by atoms with van der Waals surface area (Å²) in [5.74, 6) is -1.93. The summed E-state index contributed by atoms with van der Waals surface area (Å²) in [4.78, 5) is 15.2. The van der Waals surface area contributed by atoms with Crippen molar-refractivity contribution in [2.24, 2.45) is 0 Å². The number of halogens is 1. The summed E-state index contributed by atoms with van der Waals surface area (Å²) < 4.78 is 49.1. The second kappa shape index (κ2) is 11.2. The van der Waals surface area contributed by atoms with E-state index in [1.807, 2.05) is 42.7 Å². The van der Waals surface area contributed by atoms with E-state index in [2.05, 4.69) is 11.8 Å². The number of nitrogens with zero attached hydrogens (tertiary/aromatic N) is 2. The zero-order valence-electron chi connectivity index (χ0n) is 21.9. The lowest BCUT2D eigenvalue weighted by atomic mass is 9.94. The summed E-state index contributed by atoms with van der Waals surface area (Å²) in [5, 5.41) is 0. The van der Waals surface area contributed by atoms with Gasteiger partial charge in [0.05, 0.1) is 12.3 Å². The third-order valence-corrected chi connectivity index (χ3v) is 10.0. The Morgan fingerprint density at radius 1 is 1.22 bits per heavy atom. The molecule has 1 atom stereocenters. The van der Waals surface area contributed by atoms with Gasteiger partial charge in [-0.15, -0.1) is 11.8 Å². The van der Waals surface area contributed by atoms with E-state index in [0.717, 1.165) is 35.4 Å². The van der Waals surface area contributed by atoms with Crippen molar-refractivity contribution in [2.75, 3.05) is 31.4 Å². The molecule has 2 aromatic carbocycles. The fraction of sp³-hybridized carbons (Fsp3) is 0.464. The van der Waals surface area contributed by atoms with Gasteiger partial charge in [0.15, 0.2) is 0 Å². The second-order valence-electron chi connectivity index (χ2n) is 9.65. The first-order valence-corrected chi connectivity index (χ1v) is 15.4. The number of hydrogen-bond acceptors (Lipinski definition) is 6. The van der Waals surface area contributed by atoms with E-state index in [-0.39, 0.29) is 17.5 Å². The molecule has 0 radical (unpaired) electrons. The summed E-state index contributed by atoms with van der Waals surface area (Å²) >= 11 is 1.50. The summed E-state index contributed by atoms with van der Waals surface area (Å²) in [6.45, 7) is 4.34. The molecule has 2 aliphatic rings. The van der Waals surface area contributed by atoms with Gasteiger partial charge in [0.2, 0.25) is 15.9 Å². The van der Waals surface area contributed by atoms with Crippen LogP contribution >= 0.6 is 11.8 Å². The molecule has 1 aliphatic carbocycles. The van der Waals surface area contributed by atoms with Gasteiger partial charge in [-0.2, -0.15) is 8.70 Å². The van der Waals surface area contributed by atoms with E-state index >= 15 is 0 Å². The fourth-order valence-corrected chi connectivity index (χ4v) is 7.28. The van der Waals surface area contributed by atoms with Gasteiger partial charge in [0.25, 0.3) is 0 Å². The molecule has 1 aliphatic heterocycles. The van der Waals surface area contributed by atoms with Crippen molar-refractivity contribution in [1.82, 2.24) is 4.31 Å². The number of benzene rings is 2. The minimum absolute atomic E-state index is 0.0844. The highest BCUT2D eigenvalue weighted by molar-refractivity contribution is 7.98. The normalized spacial score (nSPS) is 20.7. The molecule has 37 heavy (non-hydrogen) atoms. The largest absolute Gasteiger partial charge is 0.461 e. The Labute approximate surface area is 223 Å². The number of ether oxygens (including phenoxy) is 1. The number of rotatable bonds is 9. The summed E-state index contributed by atoms with van der Waals surface area (Å²) in [7, 11) is -2.18. The van der Waals surface area contributed by atoms with Crippen LogP contribution < -0.4 is 4.90 Å². The van der Waals surface area contributed by atoms with E-state index in [0.29, 0.717) is 25.1 Å². The van der Waals surface area contributed by atoms with Gasteiger partial charge in [-0.3, -0.25) is 0 Å². The number of anilines is 2. The van der Waals surface area contributed by atoms with E-state index in [9.17, 15) is 17.6 Å². The van der Waals surface area contributed by atoms with Crippen molar-refractivity contribution in [2.45, 2.75) is 67.2 Å². The number of allylic oxidation sites excluding steroid dienone is 1. The Bertz CT molecular complexity index is 1280. The zero-order valence-corrected chi connectivity index (χ0v) is 23.5. The van der Waals surface area contributed by atoms with Crippen LogP contribution in [0.4, 0.5) is 15.8 Å². The first-order chi connectivity index (χ1) is 17.7. The number of likely N-dealkylation sites (N-methyl/N-ethyl adjacent to an activating group) is 1. The van der Waals surface area contributed by atoms with Crippen LogP contribution in [0.2, 0.25) is 0 Å². The minimum Gasteiger partial charge on any atom is -0.461 e. The number of unbranched alkanes of at least 4 members (excludes halogenated alkanes) is 1. The molecule has 9 heteroatoms. The highest BCUT2D eigenvalue weighted by Crippen LogP contribution is 2.55. The molecule has 0 bridgehead atoms. The summed E-state index contributed by atoms with van der Waals surface area (Å²) in [6, 6.07) is 13.3. The summed E-state index contributed by atoms with van der Waals surface area (Å²) in [6.07, 6.45) is 7.16. The maximum atomic E-state index is 14.8. The van der Waals surface area contributed by atoms with Crippen molar-refractivity contribution in [3.8, 4) is 0 Å². The number of hydrogen-bond donors (Lipinski definition) is 0. The molecular formula is C28H35FN2O4S2. The van der Waals surface area contributed by atoms with Crippen molar-refractivity contribution in [3.63, 3.8) is 0 Å². The van der Waals surface area contributed by atoms with Gasteiger partial charge in [-0.1, -0.05) is 38.0 Å². The predicted molar refractivity (Wildman–Crippen MR) is 147 cm³/mol. The quantitative estimate of drug-likeness (QED) is 0.212. The number of thioether (sulfide) groups is 1. The standard InChI is InChI=1S/C28H35FN2O4S2/c1-5-7-11-21-19-31(20-12-9-8-10-13-20)24-17-25(36-4)22(16-26(24)37(33,34)30(21)3)28(14-15-28)18-23(29)27(32)35-6-2/h8-10,12-13,16-18,21H,5-7,11,14-15,19H2,1-4H3/b23-18+. The first kappa shape index (κ1) is 27.7. The van der Waals surface area contributed by atoms with Gasteiger partial charge >= 0.3 is 5.97 Å². The van der Waals surface area contributed by atoms with Gasteiger partial charge in [0, 0.05) is 35.6 Å². The predicted octanol–water partition coefficient (Wildman–Crippen LogP) is 6.19. The molecule has 0 amide bonds. The van der Waals surface area contributed by atoms with Crippen LogP contribution in [0.5, 0.6) is 0 Å². The van der Waals surface area contributed by atoms with E-state index < -0.39 is 27.2 Å². The Balaban J connectivity index is 1.90. The molecule has 6 nitrogen and oxygen atoms in total. The van der Waals surface area contributed by atoms with Crippen LogP contribution in [-0.2, 0) is 25.0 Å². The maximum Gasteiger partial charge on any atom is 0.366 e. The van der Waals surface area contributed by atoms with Gasteiger partial charge in [-0.05, 0) is 68.3 Å². The SMILES string of the molecule is CCCCC1CN(c2ccccc2)c2cc(SC)c(C3(/C=C(/F)C(=O)OCC)CC3)cc2S(=O)(=O)N1C. The minimum atomic E-state index is -3.83. The van der Waals surface area contributed by atoms with E-state index in [4.69, 9.17) is 4.74 Å². The fourth-order valence-electron chi connectivity index (χ4n) is 4.99.